The third-order valence-corrected chi connectivity index (χ3v) is 17.7. The first kappa shape index (κ1) is 43.9. The number of nitrogens with zero attached hydrogens (tertiary/aromatic N) is 2. The van der Waals surface area contributed by atoms with Gasteiger partial charge in [0.15, 0.2) is 7.14 Å². The summed E-state index contributed by atoms with van der Waals surface area (Å²) in [6.45, 7) is 4.62. The SMILES string of the molecule is CCCCCCCCC1(CCCCCCCC)c2ccccc2-c2cc3c4ccccc4n(-c4cccc(P(=O)(c5ccccc5)c5ccc(-c6ccc7ccccc7n6)cc5)c4)c3cc21. The molecule has 0 saturated carbocycles. The van der Waals surface area contributed by atoms with E-state index in [2.05, 4.69) is 152 Å². The smallest absolute Gasteiger partial charge is 0.171 e. The van der Waals surface area contributed by atoms with Crippen molar-refractivity contribution >= 4 is 55.8 Å². The maximum Gasteiger partial charge on any atom is 0.171 e. The molecule has 332 valence electrons. The summed E-state index contributed by atoms with van der Waals surface area (Å²) < 4.78 is 18.7. The van der Waals surface area contributed by atoms with Crippen molar-refractivity contribution in [1.29, 1.82) is 0 Å². The molecule has 0 fully saturated rings. The van der Waals surface area contributed by atoms with E-state index in [1.54, 1.807) is 0 Å². The van der Waals surface area contributed by atoms with E-state index < -0.39 is 7.14 Å². The van der Waals surface area contributed by atoms with Gasteiger partial charge in [0, 0.05) is 48.7 Å². The molecule has 0 N–H and O–H groups in total. The molecule has 1 atom stereocenters. The first-order valence-electron chi connectivity index (χ1n) is 24.9. The zero-order valence-corrected chi connectivity index (χ0v) is 39.8. The molecule has 3 nitrogen and oxygen atoms in total. The van der Waals surface area contributed by atoms with E-state index in [0.717, 1.165) is 43.8 Å². The maximum atomic E-state index is 16.2. The molecular formula is C62H63N2OP. The molecule has 2 heterocycles. The highest BCUT2D eigenvalue weighted by atomic mass is 31.2. The lowest BCUT2D eigenvalue weighted by Gasteiger charge is -2.33. The number of fused-ring (bicyclic) bond motifs is 7. The van der Waals surface area contributed by atoms with Gasteiger partial charge in [-0.3, -0.25) is 0 Å². The van der Waals surface area contributed by atoms with E-state index >= 15 is 4.57 Å². The minimum Gasteiger partial charge on any atom is -0.309 e. The number of hydrogen-bond acceptors (Lipinski definition) is 2. The molecule has 4 heteroatoms. The third-order valence-electron chi connectivity index (χ3n) is 14.7. The van der Waals surface area contributed by atoms with Gasteiger partial charge in [-0.25, -0.2) is 4.98 Å². The number of hydrogen-bond donors (Lipinski definition) is 0. The molecule has 66 heavy (non-hydrogen) atoms. The molecule has 1 aliphatic rings. The Kier molecular flexibility index (Phi) is 12.9. The van der Waals surface area contributed by atoms with Crippen LogP contribution < -0.4 is 15.9 Å². The minimum atomic E-state index is -3.33. The van der Waals surface area contributed by atoms with Crippen LogP contribution in [-0.2, 0) is 9.98 Å². The molecule has 10 rings (SSSR count). The molecule has 1 unspecified atom stereocenters. The molecule has 0 radical (unpaired) electrons. The number of unbranched alkanes of at least 4 members (excludes halogenated alkanes) is 10. The van der Waals surface area contributed by atoms with E-state index in [4.69, 9.17) is 4.98 Å². The molecular weight excluding hydrogens is 820 g/mol. The Bertz CT molecular complexity index is 3150. The van der Waals surface area contributed by atoms with Gasteiger partial charge in [0.25, 0.3) is 0 Å². The lowest BCUT2D eigenvalue weighted by atomic mass is 9.70. The highest BCUT2D eigenvalue weighted by Crippen LogP contribution is 2.56. The molecule has 0 spiro atoms. The van der Waals surface area contributed by atoms with Gasteiger partial charge in [-0.2, -0.15) is 0 Å². The second kappa shape index (κ2) is 19.4. The highest BCUT2D eigenvalue weighted by molar-refractivity contribution is 7.85. The third kappa shape index (κ3) is 8.15. The van der Waals surface area contributed by atoms with Crippen molar-refractivity contribution in [1.82, 2.24) is 9.55 Å². The van der Waals surface area contributed by atoms with Crippen molar-refractivity contribution < 1.29 is 4.57 Å². The molecule has 0 bridgehead atoms. The van der Waals surface area contributed by atoms with Gasteiger partial charge in [-0.1, -0.05) is 224 Å². The normalized spacial score (nSPS) is 13.8. The fourth-order valence-electron chi connectivity index (χ4n) is 11.3. The van der Waals surface area contributed by atoms with Gasteiger partial charge in [-0.15, -0.1) is 0 Å². The molecule has 9 aromatic rings. The van der Waals surface area contributed by atoms with Crippen molar-refractivity contribution in [2.24, 2.45) is 0 Å². The van der Waals surface area contributed by atoms with Crippen LogP contribution in [0.3, 0.4) is 0 Å². The molecule has 2 aromatic heterocycles. The van der Waals surface area contributed by atoms with E-state index in [0.29, 0.717) is 0 Å². The predicted molar refractivity (Wildman–Crippen MR) is 283 cm³/mol. The first-order chi connectivity index (χ1) is 32.5. The zero-order chi connectivity index (χ0) is 44.9. The number of rotatable bonds is 19. The van der Waals surface area contributed by atoms with E-state index in [1.165, 1.54) is 134 Å². The topological polar surface area (TPSA) is 34.9 Å². The van der Waals surface area contributed by atoms with Crippen LogP contribution in [0.5, 0.6) is 0 Å². The summed E-state index contributed by atoms with van der Waals surface area (Å²) in [4.78, 5) is 4.97. The predicted octanol–water partition coefficient (Wildman–Crippen LogP) is 16.4. The monoisotopic (exact) mass is 882 g/mol. The molecule has 0 saturated heterocycles. The maximum absolute atomic E-state index is 16.2. The molecule has 0 aliphatic heterocycles. The number of pyridine rings is 1. The molecule has 7 aromatic carbocycles. The van der Waals surface area contributed by atoms with Crippen molar-refractivity contribution in [3.63, 3.8) is 0 Å². The van der Waals surface area contributed by atoms with Gasteiger partial charge in [0.1, 0.15) is 0 Å². The van der Waals surface area contributed by atoms with Crippen molar-refractivity contribution in [2.45, 2.75) is 109 Å². The van der Waals surface area contributed by atoms with Crippen LogP contribution in [0.4, 0.5) is 0 Å². The summed E-state index contributed by atoms with van der Waals surface area (Å²) in [7, 11) is -3.33. The fraction of sp³-hybridized carbons (Fsp3) is 0.274. The van der Waals surface area contributed by atoms with Gasteiger partial charge in [-0.05, 0) is 77.6 Å². The Morgan fingerprint density at radius 3 is 1.88 bits per heavy atom. The van der Waals surface area contributed by atoms with E-state index in [-0.39, 0.29) is 5.41 Å². The van der Waals surface area contributed by atoms with Crippen LogP contribution in [-0.4, -0.2) is 9.55 Å². The molecule has 0 amide bonds. The summed E-state index contributed by atoms with van der Waals surface area (Å²) in [6, 6.07) is 62.7. The Hall–Kier alpha value is -6.02. The van der Waals surface area contributed by atoms with Gasteiger partial charge in [0.05, 0.1) is 22.2 Å². The molecule has 1 aliphatic carbocycles. The quantitative estimate of drug-likeness (QED) is 0.0599. The van der Waals surface area contributed by atoms with Crippen LogP contribution in [0.15, 0.2) is 176 Å². The van der Waals surface area contributed by atoms with Crippen molar-refractivity contribution in [3.8, 4) is 28.1 Å². The highest BCUT2D eigenvalue weighted by Gasteiger charge is 2.43. The number of benzene rings is 7. The second-order valence-electron chi connectivity index (χ2n) is 18.8. The summed E-state index contributed by atoms with van der Waals surface area (Å²) in [5.41, 5.74) is 12.1. The number of para-hydroxylation sites is 2. The summed E-state index contributed by atoms with van der Waals surface area (Å²) in [5.74, 6) is 0. The number of aromatic nitrogens is 2. The summed E-state index contributed by atoms with van der Waals surface area (Å²) >= 11 is 0. The van der Waals surface area contributed by atoms with Crippen molar-refractivity contribution in [2.75, 3.05) is 0 Å². The Morgan fingerprint density at radius 2 is 1.11 bits per heavy atom. The minimum absolute atomic E-state index is 0.0314. The fourth-order valence-corrected chi connectivity index (χ4v) is 13.9. The Labute approximate surface area is 392 Å². The zero-order valence-electron chi connectivity index (χ0n) is 38.9. The second-order valence-corrected chi connectivity index (χ2v) is 21.6. The average molecular weight is 883 g/mol. The van der Waals surface area contributed by atoms with Gasteiger partial charge >= 0.3 is 0 Å². The summed E-state index contributed by atoms with van der Waals surface area (Å²) in [5, 5.41) is 6.08. The van der Waals surface area contributed by atoms with Gasteiger partial charge in [0.2, 0.25) is 0 Å². The largest absolute Gasteiger partial charge is 0.309 e. The Balaban J connectivity index is 1.09. The lowest BCUT2D eigenvalue weighted by molar-refractivity contribution is 0.398. The first-order valence-corrected chi connectivity index (χ1v) is 26.7. The average Bonchev–Trinajstić information content (AvgIpc) is 3.84. The van der Waals surface area contributed by atoms with Crippen LogP contribution in [0.25, 0.3) is 60.8 Å². The van der Waals surface area contributed by atoms with E-state index in [1.807, 2.05) is 42.5 Å². The van der Waals surface area contributed by atoms with Crippen LogP contribution in [0, 0.1) is 0 Å². The standard InChI is InChI=1S/C62H63N2OP/c1-3-5-7-9-11-22-41-62(42-23-12-10-8-6-4-2)56-32-19-17-30-52(56)54-44-55-53-31-18-21-34-60(53)64(61(55)45-57(54)62)48-26-24-29-51(43-48)66(65,49-27-14-13-15-28-49)50-38-35-47(36-39-50)59-40-37-46-25-16-20-33-58(46)63-59/h13-21,24-40,43-45H,3-12,22-23,41-42H2,1-2H3. The summed E-state index contributed by atoms with van der Waals surface area (Å²) in [6.07, 6.45) is 17.9. The van der Waals surface area contributed by atoms with Gasteiger partial charge < -0.3 is 9.13 Å². The lowest BCUT2D eigenvalue weighted by Crippen LogP contribution is -2.26. The van der Waals surface area contributed by atoms with E-state index in [9.17, 15) is 0 Å². The Morgan fingerprint density at radius 1 is 0.470 bits per heavy atom. The van der Waals surface area contributed by atoms with Crippen LogP contribution in [0.1, 0.15) is 115 Å². The van der Waals surface area contributed by atoms with Crippen LogP contribution >= 0.6 is 7.14 Å². The van der Waals surface area contributed by atoms with Crippen LogP contribution in [0.2, 0.25) is 0 Å². The van der Waals surface area contributed by atoms with Crippen molar-refractivity contribution in [3.05, 3.63) is 187 Å².